The number of hydrogen-bond acceptors (Lipinski definition) is 3. The molecule has 1 heterocycles. The molecule has 2 atom stereocenters. The fourth-order valence-electron chi connectivity index (χ4n) is 3.22. The Bertz CT molecular complexity index is 458. The minimum atomic E-state index is 0.407. The molecular weight excluding hydrogens is 226 g/mol. The minimum absolute atomic E-state index is 0.407. The summed E-state index contributed by atoms with van der Waals surface area (Å²) >= 11 is 0. The number of carbonyl (C=O) groups excluding carboxylic acids is 1. The van der Waals surface area contributed by atoms with Crippen molar-refractivity contribution in [3.05, 3.63) is 29.3 Å². The van der Waals surface area contributed by atoms with Crippen molar-refractivity contribution < 1.29 is 9.53 Å². The second-order valence-electron chi connectivity index (χ2n) is 5.26. The molecule has 1 saturated heterocycles. The molecule has 3 heteroatoms. The number of rotatable bonds is 2. The van der Waals surface area contributed by atoms with Gasteiger partial charge in [0.25, 0.3) is 0 Å². The first-order valence-corrected chi connectivity index (χ1v) is 6.73. The summed E-state index contributed by atoms with van der Waals surface area (Å²) in [6, 6.07) is 6.65. The van der Waals surface area contributed by atoms with Crippen molar-refractivity contribution in [1.82, 2.24) is 0 Å². The standard InChI is InChI=1S/C15H19NO2/c1-11-9-13(6-5-12(11)10-17)16-7-8-18-15-4-2-3-14(15)16/h5-6,9-10,14-15H,2-4,7-8H2,1H3. The van der Waals surface area contributed by atoms with Gasteiger partial charge in [0, 0.05) is 17.8 Å². The lowest BCUT2D eigenvalue weighted by Gasteiger charge is -2.39. The van der Waals surface area contributed by atoms with E-state index in [2.05, 4.69) is 17.0 Å². The first-order chi connectivity index (χ1) is 8.79. The quantitative estimate of drug-likeness (QED) is 0.750. The van der Waals surface area contributed by atoms with Gasteiger partial charge < -0.3 is 9.64 Å². The Kier molecular flexibility index (Phi) is 3.08. The van der Waals surface area contributed by atoms with Crippen LogP contribution in [0.25, 0.3) is 0 Å². The van der Waals surface area contributed by atoms with Crippen LogP contribution in [0.4, 0.5) is 5.69 Å². The van der Waals surface area contributed by atoms with Crippen LogP contribution in [0.5, 0.6) is 0 Å². The van der Waals surface area contributed by atoms with Crippen LogP contribution in [0, 0.1) is 6.92 Å². The Morgan fingerprint density at radius 3 is 3.06 bits per heavy atom. The molecular formula is C15H19NO2. The molecule has 2 aliphatic rings. The lowest BCUT2D eigenvalue weighted by atomic mass is 10.1. The van der Waals surface area contributed by atoms with Gasteiger partial charge in [0.2, 0.25) is 0 Å². The molecule has 2 unspecified atom stereocenters. The summed E-state index contributed by atoms with van der Waals surface area (Å²) in [4.78, 5) is 13.3. The normalized spacial score (nSPS) is 27.1. The van der Waals surface area contributed by atoms with Crippen molar-refractivity contribution >= 4 is 12.0 Å². The zero-order chi connectivity index (χ0) is 12.5. The van der Waals surface area contributed by atoms with Crippen molar-refractivity contribution in [2.45, 2.75) is 38.3 Å². The van der Waals surface area contributed by atoms with Crippen LogP contribution < -0.4 is 4.90 Å². The number of aryl methyl sites for hydroxylation is 1. The highest BCUT2D eigenvalue weighted by Crippen LogP contribution is 2.33. The van der Waals surface area contributed by atoms with E-state index in [9.17, 15) is 4.79 Å². The number of morpholine rings is 1. The highest BCUT2D eigenvalue weighted by Gasteiger charge is 2.36. The smallest absolute Gasteiger partial charge is 0.150 e. The zero-order valence-corrected chi connectivity index (χ0v) is 10.8. The van der Waals surface area contributed by atoms with Crippen LogP contribution in [-0.4, -0.2) is 31.6 Å². The summed E-state index contributed by atoms with van der Waals surface area (Å²) in [6.07, 6.45) is 5.00. The monoisotopic (exact) mass is 245 g/mol. The van der Waals surface area contributed by atoms with E-state index in [1.54, 1.807) is 0 Å². The molecule has 1 saturated carbocycles. The molecule has 18 heavy (non-hydrogen) atoms. The molecule has 0 N–H and O–H groups in total. The van der Waals surface area contributed by atoms with Gasteiger partial charge in [-0.3, -0.25) is 4.79 Å². The predicted molar refractivity (Wildman–Crippen MR) is 71.3 cm³/mol. The molecule has 1 aliphatic heterocycles. The van der Waals surface area contributed by atoms with Gasteiger partial charge in [0.15, 0.2) is 0 Å². The highest BCUT2D eigenvalue weighted by atomic mass is 16.5. The Balaban J connectivity index is 1.89. The van der Waals surface area contributed by atoms with Gasteiger partial charge in [0.1, 0.15) is 6.29 Å². The van der Waals surface area contributed by atoms with Crippen LogP contribution in [-0.2, 0) is 4.74 Å². The van der Waals surface area contributed by atoms with Crippen LogP contribution in [0.3, 0.4) is 0 Å². The summed E-state index contributed by atoms with van der Waals surface area (Å²) in [5.41, 5.74) is 3.08. The SMILES string of the molecule is Cc1cc(N2CCOC3CCCC32)ccc1C=O. The lowest BCUT2D eigenvalue weighted by Crippen LogP contribution is -2.48. The Labute approximate surface area is 108 Å². The fraction of sp³-hybridized carbons (Fsp3) is 0.533. The number of hydrogen-bond donors (Lipinski definition) is 0. The second-order valence-corrected chi connectivity index (χ2v) is 5.26. The number of nitrogens with zero attached hydrogens (tertiary/aromatic N) is 1. The average Bonchev–Trinajstić information content (AvgIpc) is 2.86. The van der Waals surface area contributed by atoms with E-state index >= 15 is 0 Å². The van der Waals surface area contributed by atoms with E-state index in [0.29, 0.717) is 12.1 Å². The van der Waals surface area contributed by atoms with Crippen molar-refractivity contribution in [2.24, 2.45) is 0 Å². The molecule has 0 radical (unpaired) electrons. The minimum Gasteiger partial charge on any atom is -0.374 e. The first-order valence-electron chi connectivity index (χ1n) is 6.73. The highest BCUT2D eigenvalue weighted by molar-refractivity contribution is 5.78. The molecule has 0 spiro atoms. The Morgan fingerprint density at radius 2 is 2.28 bits per heavy atom. The van der Waals surface area contributed by atoms with Gasteiger partial charge in [-0.15, -0.1) is 0 Å². The van der Waals surface area contributed by atoms with E-state index in [1.807, 2.05) is 13.0 Å². The van der Waals surface area contributed by atoms with E-state index in [-0.39, 0.29) is 0 Å². The van der Waals surface area contributed by atoms with Gasteiger partial charge in [-0.25, -0.2) is 0 Å². The molecule has 1 aromatic rings. The molecule has 0 amide bonds. The summed E-state index contributed by atoms with van der Waals surface area (Å²) in [7, 11) is 0. The third kappa shape index (κ3) is 1.93. The van der Waals surface area contributed by atoms with Gasteiger partial charge in [-0.1, -0.05) is 0 Å². The second kappa shape index (κ2) is 4.73. The topological polar surface area (TPSA) is 29.5 Å². The molecule has 1 aromatic carbocycles. The summed E-state index contributed by atoms with van der Waals surface area (Å²) < 4.78 is 5.83. The molecule has 2 fully saturated rings. The molecule has 96 valence electrons. The first kappa shape index (κ1) is 11.7. The summed E-state index contributed by atoms with van der Waals surface area (Å²) in [5.74, 6) is 0. The van der Waals surface area contributed by atoms with E-state index in [4.69, 9.17) is 4.74 Å². The van der Waals surface area contributed by atoms with E-state index in [1.165, 1.54) is 24.9 Å². The van der Waals surface area contributed by atoms with Crippen molar-refractivity contribution in [3.8, 4) is 0 Å². The van der Waals surface area contributed by atoms with Crippen LogP contribution >= 0.6 is 0 Å². The number of fused-ring (bicyclic) bond motifs is 1. The third-order valence-electron chi connectivity index (χ3n) is 4.19. The molecule has 0 bridgehead atoms. The number of aldehydes is 1. The van der Waals surface area contributed by atoms with Gasteiger partial charge in [-0.2, -0.15) is 0 Å². The number of carbonyl (C=O) groups is 1. The zero-order valence-electron chi connectivity index (χ0n) is 10.8. The number of anilines is 1. The average molecular weight is 245 g/mol. The van der Waals surface area contributed by atoms with E-state index in [0.717, 1.165) is 30.6 Å². The number of benzene rings is 1. The Hall–Kier alpha value is -1.35. The molecule has 3 rings (SSSR count). The fourth-order valence-corrected chi connectivity index (χ4v) is 3.22. The van der Waals surface area contributed by atoms with Crippen LogP contribution in [0.1, 0.15) is 35.2 Å². The molecule has 3 nitrogen and oxygen atoms in total. The molecule has 1 aliphatic carbocycles. The predicted octanol–water partition coefficient (Wildman–Crippen LogP) is 2.57. The maximum Gasteiger partial charge on any atom is 0.150 e. The lowest BCUT2D eigenvalue weighted by molar-refractivity contribution is 0.0256. The Morgan fingerprint density at radius 1 is 1.39 bits per heavy atom. The maximum absolute atomic E-state index is 10.9. The number of ether oxygens (including phenoxy) is 1. The maximum atomic E-state index is 10.9. The van der Waals surface area contributed by atoms with Crippen molar-refractivity contribution in [2.75, 3.05) is 18.1 Å². The van der Waals surface area contributed by atoms with Crippen LogP contribution in [0.15, 0.2) is 18.2 Å². The van der Waals surface area contributed by atoms with Gasteiger partial charge >= 0.3 is 0 Å². The third-order valence-corrected chi connectivity index (χ3v) is 4.19. The summed E-state index contributed by atoms with van der Waals surface area (Å²) in [6.45, 7) is 3.77. The van der Waals surface area contributed by atoms with Gasteiger partial charge in [-0.05, 0) is 49.9 Å². The molecule has 0 aromatic heterocycles. The van der Waals surface area contributed by atoms with Crippen molar-refractivity contribution in [1.29, 1.82) is 0 Å². The van der Waals surface area contributed by atoms with E-state index < -0.39 is 0 Å². The largest absolute Gasteiger partial charge is 0.374 e. The van der Waals surface area contributed by atoms with Crippen LogP contribution in [0.2, 0.25) is 0 Å². The van der Waals surface area contributed by atoms with Crippen molar-refractivity contribution in [3.63, 3.8) is 0 Å². The summed E-state index contributed by atoms with van der Waals surface area (Å²) in [5, 5.41) is 0. The van der Waals surface area contributed by atoms with Gasteiger partial charge in [0.05, 0.1) is 18.8 Å².